The second-order valence-corrected chi connectivity index (χ2v) is 9.08. The predicted octanol–water partition coefficient (Wildman–Crippen LogP) is 5.38. The Morgan fingerprint density at radius 1 is 0.972 bits per heavy atom. The Balaban J connectivity index is 1.12. The number of H-pyrrole nitrogens is 1. The zero-order valence-corrected chi connectivity index (χ0v) is 20.2. The Morgan fingerprint density at radius 2 is 1.78 bits per heavy atom. The molecule has 1 aliphatic heterocycles. The molecule has 0 aliphatic carbocycles. The molecule has 36 heavy (non-hydrogen) atoms. The zero-order valence-electron chi connectivity index (χ0n) is 20.2. The Labute approximate surface area is 210 Å². The van der Waals surface area contributed by atoms with Gasteiger partial charge in [0, 0.05) is 30.2 Å². The Morgan fingerprint density at radius 3 is 2.58 bits per heavy atom. The predicted molar refractivity (Wildman–Crippen MR) is 139 cm³/mol. The van der Waals surface area contributed by atoms with Crippen molar-refractivity contribution in [3.63, 3.8) is 0 Å². The molecular formula is C29H31N3O4. The molecule has 7 heteroatoms. The number of aromatic nitrogens is 2. The van der Waals surface area contributed by atoms with Crippen molar-refractivity contribution in [1.82, 2.24) is 10.2 Å². The van der Waals surface area contributed by atoms with Gasteiger partial charge in [0.15, 0.2) is 5.82 Å². The van der Waals surface area contributed by atoms with E-state index in [0.717, 1.165) is 48.9 Å². The summed E-state index contributed by atoms with van der Waals surface area (Å²) in [5.41, 5.74) is 3.79. The number of nitrogens with zero attached hydrogens (tertiary/aromatic N) is 1. The first kappa shape index (κ1) is 24.0. The monoisotopic (exact) mass is 485 g/mol. The summed E-state index contributed by atoms with van der Waals surface area (Å²) in [5, 5.41) is 11.0. The Kier molecular flexibility index (Phi) is 7.90. The molecule has 0 saturated carbocycles. The molecule has 1 aromatic heterocycles. The van der Waals surface area contributed by atoms with E-state index >= 15 is 0 Å². The van der Waals surface area contributed by atoms with E-state index in [-0.39, 0.29) is 5.91 Å². The van der Waals surface area contributed by atoms with Crippen molar-refractivity contribution in [3.8, 4) is 5.75 Å². The molecule has 0 atom stereocenters. The fourth-order valence-corrected chi connectivity index (χ4v) is 4.42. The minimum Gasteiger partial charge on any atom is -0.491 e. The van der Waals surface area contributed by atoms with E-state index in [1.165, 1.54) is 5.56 Å². The lowest BCUT2D eigenvalue weighted by atomic mass is 9.92. The first-order chi connectivity index (χ1) is 17.7. The summed E-state index contributed by atoms with van der Waals surface area (Å²) in [6.45, 7) is 3.19. The lowest BCUT2D eigenvalue weighted by molar-refractivity contribution is 0.0665. The highest BCUT2D eigenvalue weighted by atomic mass is 16.5. The molecule has 0 spiro atoms. The Hall–Kier alpha value is -3.68. The van der Waals surface area contributed by atoms with Gasteiger partial charge in [0.2, 0.25) is 0 Å². The minimum absolute atomic E-state index is 0.183. The van der Waals surface area contributed by atoms with Crippen LogP contribution in [0.4, 0.5) is 5.82 Å². The second-order valence-electron chi connectivity index (χ2n) is 9.08. The average Bonchev–Trinajstić information content (AvgIpc) is 3.32. The SMILES string of the molecule is O=C(Nc1n[nH]c2cc(OCCOCc3ccccc3)ccc12)c1ccc(CC2CCOCC2)cc1. The van der Waals surface area contributed by atoms with Gasteiger partial charge in [-0.25, -0.2) is 0 Å². The van der Waals surface area contributed by atoms with Gasteiger partial charge in [0.1, 0.15) is 12.4 Å². The van der Waals surface area contributed by atoms with E-state index in [1.54, 1.807) is 0 Å². The van der Waals surface area contributed by atoms with E-state index in [4.69, 9.17) is 14.2 Å². The molecule has 4 aromatic rings. The van der Waals surface area contributed by atoms with Crippen molar-refractivity contribution < 1.29 is 19.0 Å². The third-order valence-electron chi connectivity index (χ3n) is 6.46. The van der Waals surface area contributed by atoms with E-state index < -0.39 is 0 Å². The maximum atomic E-state index is 12.8. The molecule has 2 heterocycles. The number of fused-ring (bicyclic) bond motifs is 1. The van der Waals surface area contributed by atoms with Gasteiger partial charge < -0.3 is 19.5 Å². The van der Waals surface area contributed by atoms with Gasteiger partial charge in [-0.15, -0.1) is 0 Å². The molecule has 7 nitrogen and oxygen atoms in total. The van der Waals surface area contributed by atoms with Crippen LogP contribution in [0.1, 0.15) is 34.3 Å². The molecular weight excluding hydrogens is 454 g/mol. The largest absolute Gasteiger partial charge is 0.491 e. The van der Waals surface area contributed by atoms with Crippen molar-refractivity contribution in [2.45, 2.75) is 25.9 Å². The molecule has 1 fully saturated rings. The molecule has 1 saturated heterocycles. The average molecular weight is 486 g/mol. The van der Waals surface area contributed by atoms with Gasteiger partial charge in [-0.1, -0.05) is 42.5 Å². The highest BCUT2D eigenvalue weighted by Crippen LogP contribution is 2.25. The number of hydrogen-bond donors (Lipinski definition) is 2. The molecule has 5 rings (SSSR count). The molecule has 0 bridgehead atoms. The van der Waals surface area contributed by atoms with Crippen molar-refractivity contribution in [2.24, 2.45) is 5.92 Å². The summed E-state index contributed by atoms with van der Waals surface area (Å²) in [7, 11) is 0. The van der Waals surface area contributed by atoms with Crippen LogP contribution in [0.15, 0.2) is 72.8 Å². The number of hydrogen-bond acceptors (Lipinski definition) is 5. The third-order valence-corrected chi connectivity index (χ3v) is 6.46. The smallest absolute Gasteiger partial charge is 0.256 e. The number of anilines is 1. The molecule has 0 unspecified atom stereocenters. The number of carbonyl (C=O) groups is 1. The lowest BCUT2D eigenvalue weighted by Gasteiger charge is -2.21. The van der Waals surface area contributed by atoms with Gasteiger partial charge in [0.25, 0.3) is 5.91 Å². The van der Waals surface area contributed by atoms with Crippen molar-refractivity contribution in [1.29, 1.82) is 0 Å². The van der Waals surface area contributed by atoms with Gasteiger partial charge in [-0.2, -0.15) is 5.10 Å². The Bertz CT molecular complexity index is 1260. The maximum Gasteiger partial charge on any atom is 0.256 e. The summed E-state index contributed by atoms with van der Waals surface area (Å²) in [6.07, 6.45) is 3.23. The quantitative estimate of drug-likeness (QED) is 0.295. The van der Waals surface area contributed by atoms with Crippen molar-refractivity contribution >= 4 is 22.6 Å². The molecule has 1 aliphatic rings. The van der Waals surface area contributed by atoms with E-state index in [0.29, 0.717) is 42.9 Å². The van der Waals surface area contributed by atoms with E-state index in [1.807, 2.05) is 72.8 Å². The van der Waals surface area contributed by atoms with Crippen LogP contribution < -0.4 is 10.1 Å². The van der Waals surface area contributed by atoms with Crippen LogP contribution in [0, 0.1) is 5.92 Å². The third kappa shape index (κ3) is 6.30. The highest BCUT2D eigenvalue weighted by Gasteiger charge is 2.15. The normalized spacial score (nSPS) is 14.1. The molecule has 2 N–H and O–H groups in total. The summed E-state index contributed by atoms with van der Waals surface area (Å²) in [6, 6.07) is 23.5. The maximum absolute atomic E-state index is 12.8. The molecule has 1 amide bonds. The number of aromatic amines is 1. The summed E-state index contributed by atoms with van der Waals surface area (Å²) >= 11 is 0. The van der Waals surface area contributed by atoms with Gasteiger partial charge in [-0.3, -0.25) is 9.89 Å². The fourth-order valence-electron chi connectivity index (χ4n) is 4.42. The molecule has 3 aromatic carbocycles. The number of benzene rings is 3. The van der Waals surface area contributed by atoms with Crippen LogP contribution in [0.5, 0.6) is 5.75 Å². The number of carbonyl (C=O) groups excluding carboxylic acids is 1. The second kappa shape index (κ2) is 11.8. The van der Waals surface area contributed by atoms with Crippen molar-refractivity contribution in [2.75, 3.05) is 31.7 Å². The highest BCUT2D eigenvalue weighted by molar-refractivity contribution is 6.07. The summed E-state index contributed by atoms with van der Waals surface area (Å²) in [5.74, 6) is 1.69. The number of ether oxygens (including phenoxy) is 3. The summed E-state index contributed by atoms with van der Waals surface area (Å²) in [4.78, 5) is 12.8. The van der Waals surface area contributed by atoms with Gasteiger partial charge in [0.05, 0.1) is 18.7 Å². The van der Waals surface area contributed by atoms with Crippen LogP contribution in [0.3, 0.4) is 0 Å². The van der Waals surface area contributed by atoms with E-state index in [9.17, 15) is 4.79 Å². The van der Waals surface area contributed by atoms with Crippen LogP contribution in [-0.2, 0) is 22.5 Å². The van der Waals surface area contributed by atoms with Gasteiger partial charge in [-0.05, 0) is 60.6 Å². The fraction of sp³-hybridized carbons (Fsp3) is 0.310. The topological polar surface area (TPSA) is 85.5 Å². The first-order valence-electron chi connectivity index (χ1n) is 12.5. The van der Waals surface area contributed by atoms with Crippen LogP contribution >= 0.6 is 0 Å². The molecule has 0 radical (unpaired) electrons. The van der Waals surface area contributed by atoms with E-state index in [2.05, 4.69) is 15.5 Å². The first-order valence-corrected chi connectivity index (χ1v) is 12.5. The van der Waals surface area contributed by atoms with Crippen LogP contribution in [0.2, 0.25) is 0 Å². The number of amides is 1. The number of nitrogens with one attached hydrogen (secondary N) is 2. The van der Waals surface area contributed by atoms with Crippen LogP contribution in [-0.4, -0.2) is 42.5 Å². The minimum atomic E-state index is -0.183. The standard InChI is InChI=1S/C29H31N3O4/c33-29(24-8-6-21(7-9-24)18-22-12-14-34-15-13-22)30-28-26-11-10-25(19-27(26)31-32-28)36-17-16-35-20-23-4-2-1-3-5-23/h1-11,19,22H,12-18,20H2,(H2,30,31,32,33). The van der Waals surface area contributed by atoms with Crippen molar-refractivity contribution in [3.05, 3.63) is 89.5 Å². The lowest BCUT2D eigenvalue weighted by Crippen LogP contribution is -2.17. The molecule has 186 valence electrons. The zero-order chi connectivity index (χ0) is 24.6. The van der Waals surface area contributed by atoms with Crippen LogP contribution in [0.25, 0.3) is 10.9 Å². The summed E-state index contributed by atoms with van der Waals surface area (Å²) < 4.78 is 16.9. The number of rotatable bonds is 10. The van der Waals surface area contributed by atoms with Gasteiger partial charge >= 0.3 is 0 Å².